The van der Waals surface area contributed by atoms with E-state index in [1.807, 2.05) is 19.9 Å². The van der Waals surface area contributed by atoms with Crippen molar-refractivity contribution in [3.05, 3.63) is 36.3 Å². The number of pyridine rings is 1. The minimum Gasteiger partial charge on any atom is -0.427 e. The quantitative estimate of drug-likeness (QED) is 0.867. The lowest BCUT2D eigenvalue weighted by Crippen LogP contribution is -2.49. The van der Waals surface area contributed by atoms with Crippen molar-refractivity contribution in [2.45, 2.75) is 38.9 Å². The van der Waals surface area contributed by atoms with Crippen molar-refractivity contribution in [3.63, 3.8) is 0 Å². The maximum atomic E-state index is 13.2. The third kappa shape index (κ3) is 3.16. The highest BCUT2D eigenvalue weighted by Crippen LogP contribution is 2.24. The van der Waals surface area contributed by atoms with E-state index in [0.717, 1.165) is 16.4 Å². The van der Waals surface area contributed by atoms with Gasteiger partial charge in [0.2, 0.25) is 0 Å². The zero-order chi connectivity index (χ0) is 15.0. The van der Waals surface area contributed by atoms with Crippen molar-refractivity contribution in [1.29, 1.82) is 0 Å². The van der Waals surface area contributed by atoms with Crippen molar-refractivity contribution in [3.8, 4) is 0 Å². The van der Waals surface area contributed by atoms with E-state index in [9.17, 15) is 9.50 Å². The van der Waals surface area contributed by atoms with Gasteiger partial charge < -0.3 is 9.76 Å². The highest BCUT2D eigenvalue weighted by atomic mass is 19.1. The first-order chi connectivity index (χ1) is 9.19. The molecular weight excluding hydrogens is 256 g/mol. The Morgan fingerprint density at radius 2 is 1.90 bits per heavy atom. The summed E-state index contributed by atoms with van der Waals surface area (Å²) in [5.74, 6) is -0.283. The summed E-state index contributed by atoms with van der Waals surface area (Å²) in [6, 6.07) is 6.35. The number of rotatable bonds is 4. The molecule has 2 aromatic rings. The van der Waals surface area contributed by atoms with Crippen LogP contribution >= 0.6 is 0 Å². The zero-order valence-electron chi connectivity index (χ0n) is 12.3. The molecule has 0 atom stereocenters. The van der Waals surface area contributed by atoms with Crippen LogP contribution in [0.1, 0.15) is 27.7 Å². The molecule has 0 unspecified atom stereocenters. The first kappa shape index (κ1) is 14.9. The van der Waals surface area contributed by atoms with Crippen molar-refractivity contribution < 1.29 is 14.2 Å². The van der Waals surface area contributed by atoms with Gasteiger partial charge >= 0.3 is 7.48 Å². The van der Waals surface area contributed by atoms with E-state index in [0.29, 0.717) is 7.48 Å². The molecule has 3 nitrogen and oxygen atoms in total. The lowest BCUT2D eigenvalue weighted by molar-refractivity contribution is -0.0893. The molecule has 1 aromatic heterocycles. The Kier molecular flexibility index (Phi) is 3.85. The van der Waals surface area contributed by atoms with Gasteiger partial charge in [0.15, 0.2) is 0 Å². The molecule has 0 aliphatic carbocycles. The van der Waals surface area contributed by atoms with E-state index in [4.69, 9.17) is 4.65 Å². The third-order valence-electron chi connectivity index (χ3n) is 3.77. The summed E-state index contributed by atoms with van der Waals surface area (Å²) in [5, 5.41) is 10.8. The highest BCUT2D eigenvalue weighted by Gasteiger charge is 2.35. The lowest BCUT2D eigenvalue weighted by atomic mass is 9.83. The number of nitrogens with zero attached hydrogens (tertiary/aromatic N) is 1. The monoisotopic (exact) mass is 275 g/mol. The summed E-state index contributed by atoms with van der Waals surface area (Å²) in [7, 11) is 0.316. The van der Waals surface area contributed by atoms with Gasteiger partial charge in [0.05, 0.1) is 16.7 Å². The Hall–Kier alpha value is -1.46. The number of hydrogen-bond acceptors (Lipinski definition) is 3. The topological polar surface area (TPSA) is 42.4 Å². The van der Waals surface area contributed by atoms with Gasteiger partial charge in [-0.1, -0.05) is 6.07 Å². The second-order valence-electron chi connectivity index (χ2n) is 6.04. The fourth-order valence-corrected chi connectivity index (χ4v) is 1.67. The van der Waals surface area contributed by atoms with Crippen LogP contribution in [-0.2, 0) is 4.65 Å². The number of aliphatic hydroxyl groups is 1. The van der Waals surface area contributed by atoms with Gasteiger partial charge in [0.1, 0.15) is 5.82 Å². The van der Waals surface area contributed by atoms with Gasteiger partial charge in [-0.25, -0.2) is 4.39 Å². The normalized spacial score (nSPS) is 12.7. The fourth-order valence-electron chi connectivity index (χ4n) is 1.67. The van der Waals surface area contributed by atoms with Crippen molar-refractivity contribution in [2.75, 3.05) is 0 Å². The Morgan fingerprint density at radius 1 is 1.20 bits per heavy atom. The molecule has 1 aromatic carbocycles. The van der Waals surface area contributed by atoms with Crippen LogP contribution in [0.3, 0.4) is 0 Å². The molecule has 2 rings (SSSR count). The minimum atomic E-state index is -0.955. The maximum Gasteiger partial charge on any atom is 0.311 e. The molecular formula is C15H19BFNO2. The molecule has 0 amide bonds. The number of benzene rings is 1. The lowest BCUT2D eigenvalue weighted by Gasteiger charge is -2.37. The number of hydrogen-bond donors (Lipinski definition) is 1. The molecule has 1 N–H and O–H groups in total. The van der Waals surface area contributed by atoms with Gasteiger partial charge in [-0.15, -0.1) is 0 Å². The average Bonchev–Trinajstić information content (AvgIpc) is 2.34. The van der Waals surface area contributed by atoms with Crippen molar-refractivity contribution >= 4 is 23.8 Å². The van der Waals surface area contributed by atoms with Crippen LogP contribution in [0.4, 0.5) is 4.39 Å². The van der Waals surface area contributed by atoms with Crippen LogP contribution in [-0.4, -0.2) is 28.8 Å². The predicted molar refractivity (Wildman–Crippen MR) is 79.9 cm³/mol. The third-order valence-corrected chi connectivity index (χ3v) is 3.77. The second-order valence-corrected chi connectivity index (χ2v) is 6.04. The van der Waals surface area contributed by atoms with E-state index < -0.39 is 11.2 Å². The largest absolute Gasteiger partial charge is 0.427 e. The van der Waals surface area contributed by atoms with E-state index >= 15 is 0 Å². The first-order valence-electron chi connectivity index (χ1n) is 6.59. The van der Waals surface area contributed by atoms with E-state index in [-0.39, 0.29) is 5.82 Å². The van der Waals surface area contributed by atoms with Crippen LogP contribution in [0.5, 0.6) is 0 Å². The number of aromatic nitrogens is 1. The Balaban J connectivity index is 2.18. The first-order valence-corrected chi connectivity index (χ1v) is 6.59. The van der Waals surface area contributed by atoms with Crippen LogP contribution in [0.2, 0.25) is 0 Å². The highest BCUT2D eigenvalue weighted by molar-refractivity contribution is 6.47. The van der Waals surface area contributed by atoms with Gasteiger partial charge in [0, 0.05) is 11.6 Å². The molecule has 5 heteroatoms. The molecule has 0 radical (unpaired) electrons. The van der Waals surface area contributed by atoms with Crippen molar-refractivity contribution in [2.24, 2.45) is 0 Å². The molecule has 0 saturated heterocycles. The van der Waals surface area contributed by atoms with Crippen LogP contribution in [0.15, 0.2) is 30.5 Å². The molecule has 0 saturated carbocycles. The zero-order valence-corrected chi connectivity index (χ0v) is 12.3. The molecule has 0 aliphatic rings. The minimum absolute atomic E-state index is 0.283. The smallest absolute Gasteiger partial charge is 0.311 e. The SMILES string of the molecule is CC(C)(O)C(C)(C)OBc1cnc2ccc(F)cc2c1. The second kappa shape index (κ2) is 5.15. The fraction of sp³-hybridized carbons (Fsp3) is 0.400. The average molecular weight is 275 g/mol. The predicted octanol–water partition coefficient (Wildman–Crippen LogP) is 1.92. The van der Waals surface area contributed by atoms with Crippen molar-refractivity contribution in [1.82, 2.24) is 4.98 Å². The summed E-state index contributed by atoms with van der Waals surface area (Å²) >= 11 is 0. The van der Waals surface area contributed by atoms with Crippen LogP contribution < -0.4 is 5.46 Å². The van der Waals surface area contributed by atoms with Gasteiger partial charge in [0.25, 0.3) is 0 Å². The van der Waals surface area contributed by atoms with Gasteiger partial charge in [-0.05, 0) is 51.4 Å². The Bertz CT molecular complexity index is 623. The molecule has 0 spiro atoms. The Morgan fingerprint density at radius 3 is 2.55 bits per heavy atom. The van der Waals surface area contributed by atoms with Crippen LogP contribution in [0, 0.1) is 5.82 Å². The van der Waals surface area contributed by atoms with Crippen LogP contribution in [0.25, 0.3) is 10.9 Å². The molecule has 0 aliphatic heterocycles. The molecule has 0 fully saturated rings. The summed E-state index contributed by atoms with van der Waals surface area (Å²) in [5.41, 5.74) is -0.0508. The number of halogens is 1. The van der Waals surface area contributed by atoms with E-state index in [1.165, 1.54) is 12.1 Å². The molecule has 20 heavy (non-hydrogen) atoms. The number of fused-ring (bicyclic) bond motifs is 1. The Labute approximate surface area is 119 Å². The summed E-state index contributed by atoms with van der Waals surface area (Å²) in [4.78, 5) is 4.28. The molecule has 106 valence electrons. The molecule has 0 bridgehead atoms. The van der Waals surface area contributed by atoms with E-state index in [1.54, 1.807) is 26.1 Å². The maximum absolute atomic E-state index is 13.2. The summed E-state index contributed by atoms with van der Waals surface area (Å²) in [6.45, 7) is 7.09. The molecule has 1 heterocycles. The summed E-state index contributed by atoms with van der Waals surface area (Å²) < 4.78 is 19.0. The van der Waals surface area contributed by atoms with Gasteiger partial charge in [-0.2, -0.15) is 0 Å². The van der Waals surface area contributed by atoms with E-state index in [2.05, 4.69) is 4.98 Å². The van der Waals surface area contributed by atoms with Gasteiger partial charge in [-0.3, -0.25) is 4.98 Å². The summed E-state index contributed by atoms with van der Waals surface area (Å²) in [6.07, 6.45) is 1.71. The standard InChI is InChI=1S/C15H19BFNO2/c1-14(2,19)15(3,4)20-16-11-7-10-8-12(17)5-6-13(10)18-9-11/h5-9,16,19H,1-4H3.